The number of hydrogen-bond acceptors (Lipinski definition) is 2. The van der Waals surface area contributed by atoms with Gasteiger partial charge < -0.3 is 0 Å². The topological polar surface area (TPSA) is 38.3 Å². The number of nitrogens with one attached hydrogen (secondary N) is 1. The van der Waals surface area contributed by atoms with Gasteiger partial charge in [0.15, 0.2) is 0 Å². The lowest BCUT2D eigenvalue weighted by Gasteiger charge is -2.10. The lowest BCUT2D eigenvalue weighted by Crippen LogP contribution is -2.29. The molecule has 2 rings (SSSR count). The van der Waals surface area contributed by atoms with Gasteiger partial charge in [0.05, 0.1) is 6.61 Å². The summed E-state index contributed by atoms with van der Waals surface area (Å²) in [6.45, 7) is 2.48. The zero-order valence-electron chi connectivity index (χ0n) is 10.2. The summed E-state index contributed by atoms with van der Waals surface area (Å²) in [5.74, 6) is 0.197. The lowest BCUT2D eigenvalue weighted by molar-refractivity contribution is -0.138. The second-order valence-corrected chi connectivity index (χ2v) is 4.72. The summed E-state index contributed by atoms with van der Waals surface area (Å²) in [6.07, 6.45) is 4.32. The molecule has 1 aromatic carbocycles. The van der Waals surface area contributed by atoms with Crippen molar-refractivity contribution in [2.75, 3.05) is 0 Å². The summed E-state index contributed by atoms with van der Waals surface area (Å²) >= 11 is 0. The molecule has 0 saturated heterocycles. The van der Waals surface area contributed by atoms with E-state index in [-0.39, 0.29) is 11.8 Å². The van der Waals surface area contributed by atoms with Gasteiger partial charge in [-0.3, -0.25) is 9.63 Å². The Hall–Kier alpha value is -1.35. The third-order valence-electron chi connectivity index (χ3n) is 3.26. The molecule has 1 N–H and O–H groups in total. The third kappa shape index (κ3) is 3.56. The molecule has 1 aromatic rings. The minimum absolute atomic E-state index is 0.0367. The monoisotopic (exact) mass is 233 g/mol. The molecule has 3 nitrogen and oxygen atoms in total. The number of carbonyl (C=O) groups is 1. The fraction of sp³-hybridized carbons (Fsp3) is 0.500. The summed E-state index contributed by atoms with van der Waals surface area (Å²) in [4.78, 5) is 16.9. The highest BCUT2D eigenvalue weighted by molar-refractivity contribution is 5.77. The summed E-state index contributed by atoms with van der Waals surface area (Å²) in [5.41, 5.74) is 4.85. The molecule has 1 aliphatic carbocycles. The first-order valence-corrected chi connectivity index (χ1v) is 6.23. The zero-order chi connectivity index (χ0) is 12.1. The summed E-state index contributed by atoms with van der Waals surface area (Å²) < 4.78 is 0. The highest BCUT2D eigenvalue weighted by atomic mass is 16.6. The number of hydroxylamine groups is 1. The Bertz CT molecular complexity index is 366. The van der Waals surface area contributed by atoms with Crippen LogP contribution in [0.25, 0.3) is 0 Å². The Morgan fingerprint density at radius 2 is 1.94 bits per heavy atom. The molecule has 0 aliphatic heterocycles. The maximum absolute atomic E-state index is 11.7. The summed E-state index contributed by atoms with van der Waals surface area (Å²) in [7, 11) is 0. The normalized spacial score (nSPS) is 16.1. The number of benzene rings is 1. The number of hydrogen-bond donors (Lipinski definition) is 1. The third-order valence-corrected chi connectivity index (χ3v) is 3.26. The summed E-state index contributed by atoms with van der Waals surface area (Å²) in [6, 6.07) is 8.10. The second kappa shape index (κ2) is 5.82. The molecule has 1 amide bonds. The lowest BCUT2D eigenvalue weighted by atomic mass is 10.1. The molecule has 1 saturated carbocycles. The number of rotatable bonds is 4. The largest absolute Gasteiger partial charge is 0.273 e. The van der Waals surface area contributed by atoms with Crippen molar-refractivity contribution < 1.29 is 9.63 Å². The molecule has 0 unspecified atom stereocenters. The molecule has 0 radical (unpaired) electrons. The van der Waals surface area contributed by atoms with Crippen LogP contribution in [0.5, 0.6) is 0 Å². The van der Waals surface area contributed by atoms with E-state index in [4.69, 9.17) is 4.84 Å². The molecule has 92 valence electrons. The smallest absolute Gasteiger partial charge is 0.246 e. The number of amides is 1. The first kappa shape index (κ1) is 12.1. The van der Waals surface area contributed by atoms with Gasteiger partial charge in [-0.25, -0.2) is 5.48 Å². The van der Waals surface area contributed by atoms with Crippen molar-refractivity contribution in [2.24, 2.45) is 5.92 Å². The fourth-order valence-corrected chi connectivity index (χ4v) is 2.15. The first-order chi connectivity index (χ1) is 8.25. The van der Waals surface area contributed by atoms with Gasteiger partial charge in [-0.05, 0) is 25.3 Å². The van der Waals surface area contributed by atoms with Crippen molar-refractivity contribution in [2.45, 2.75) is 39.2 Å². The summed E-state index contributed by atoms with van der Waals surface area (Å²) in [5, 5.41) is 0. The molecule has 0 spiro atoms. The Balaban J connectivity index is 1.72. The highest BCUT2D eigenvalue weighted by Crippen LogP contribution is 2.24. The van der Waals surface area contributed by atoms with Gasteiger partial charge in [0.2, 0.25) is 5.91 Å². The van der Waals surface area contributed by atoms with Crippen LogP contribution in [0.2, 0.25) is 0 Å². The molecule has 0 heterocycles. The van der Waals surface area contributed by atoms with E-state index in [1.165, 1.54) is 5.56 Å². The SMILES string of the molecule is Cc1ccc(CONC(=O)C2CCCC2)cc1. The van der Waals surface area contributed by atoms with E-state index < -0.39 is 0 Å². The Morgan fingerprint density at radius 3 is 2.59 bits per heavy atom. The van der Waals surface area contributed by atoms with Crippen LogP contribution in [0.4, 0.5) is 0 Å². The van der Waals surface area contributed by atoms with E-state index >= 15 is 0 Å². The molecule has 0 bridgehead atoms. The highest BCUT2D eigenvalue weighted by Gasteiger charge is 2.22. The molecule has 0 atom stereocenters. The van der Waals surface area contributed by atoms with E-state index in [1.54, 1.807) is 0 Å². The van der Waals surface area contributed by atoms with Gasteiger partial charge in [0, 0.05) is 5.92 Å². The van der Waals surface area contributed by atoms with Crippen LogP contribution in [0.3, 0.4) is 0 Å². The predicted molar refractivity (Wildman–Crippen MR) is 66.1 cm³/mol. The Morgan fingerprint density at radius 1 is 1.29 bits per heavy atom. The van der Waals surface area contributed by atoms with Crippen LogP contribution >= 0.6 is 0 Å². The van der Waals surface area contributed by atoms with Crippen molar-refractivity contribution >= 4 is 5.91 Å². The van der Waals surface area contributed by atoms with Crippen LogP contribution in [0.15, 0.2) is 24.3 Å². The molecule has 0 aromatic heterocycles. The molecule has 3 heteroatoms. The van der Waals surface area contributed by atoms with Crippen LogP contribution in [0, 0.1) is 12.8 Å². The average molecular weight is 233 g/mol. The number of carbonyl (C=O) groups excluding carboxylic acids is 1. The van der Waals surface area contributed by atoms with E-state index in [0.717, 1.165) is 31.2 Å². The maximum atomic E-state index is 11.7. The molecular weight excluding hydrogens is 214 g/mol. The van der Waals surface area contributed by atoms with Crippen LogP contribution in [-0.4, -0.2) is 5.91 Å². The minimum atomic E-state index is 0.0367. The molecule has 17 heavy (non-hydrogen) atoms. The van der Waals surface area contributed by atoms with Crippen molar-refractivity contribution in [3.63, 3.8) is 0 Å². The van der Waals surface area contributed by atoms with Gasteiger partial charge >= 0.3 is 0 Å². The minimum Gasteiger partial charge on any atom is -0.273 e. The van der Waals surface area contributed by atoms with E-state index in [0.29, 0.717) is 6.61 Å². The quantitative estimate of drug-likeness (QED) is 0.812. The standard InChI is InChI=1S/C14H19NO2/c1-11-6-8-12(9-7-11)10-17-15-14(16)13-4-2-3-5-13/h6-9,13H,2-5,10H2,1H3,(H,15,16). The predicted octanol–water partition coefficient (Wildman–Crippen LogP) is 2.73. The van der Waals surface area contributed by atoms with Crippen molar-refractivity contribution in [1.29, 1.82) is 0 Å². The van der Waals surface area contributed by atoms with Gasteiger partial charge in [-0.15, -0.1) is 0 Å². The van der Waals surface area contributed by atoms with Gasteiger partial charge in [0.1, 0.15) is 0 Å². The first-order valence-electron chi connectivity index (χ1n) is 6.23. The van der Waals surface area contributed by atoms with E-state index in [9.17, 15) is 4.79 Å². The van der Waals surface area contributed by atoms with Crippen molar-refractivity contribution in [3.8, 4) is 0 Å². The molecule has 1 aliphatic rings. The fourth-order valence-electron chi connectivity index (χ4n) is 2.15. The molecular formula is C14H19NO2. The van der Waals surface area contributed by atoms with Crippen LogP contribution < -0.4 is 5.48 Å². The Labute approximate surface area is 102 Å². The van der Waals surface area contributed by atoms with Gasteiger partial charge in [0.25, 0.3) is 0 Å². The van der Waals surface area contributed by atoms with Gasteiger partial charge in [-0.1, -0.05) is 42.7 Å². The van der Waals surface area contributed by atoms with Gasteiger partial charge in [-0.2, -0.15) is 0 Å². The van der Waals surface area contributed by atoms with Crippen molar-refractivity contribution in [3.05, 3.63) is 35.4 Å². The Kier molecular flexibility index (Phi) is 4.15. The van der Waals surface area contributed by atoms with Crippen molar-refractivity contribution in [1.82, 2.24) is 5.48 Å². The zero-order valence-corrected chi connectivity index (χ0v) is 10.2. The van der Waals surface area contributed by atoms with Crippen LogP contribution in [-0.2, 0) is 16.2 Å². The van der Waals surface area contributed by atoms with Crippen LogP contribution in [0.1, 0.15) is 36.8 Å². The second-order valence-electron chi connectivity index (χ2n) is 4.72. The maximum Gasteiger partial charge on any atom is 0.246 e. The van der Waals surface area contributed by atoms with E-state index in [2.05, 4.69) is 5.48 Å². The average Bonchev–Trinajstić information content (AvgIpc) is 2.85. The number of aryl methyl sites for hydroxylation is 1. The van der Waals surface area contributed by atoms with E-state index in [1.807, 2.05) is 31.2 Å². The molecule has 1 fully saturated rings.